The zero-order valence-corrected chi connectivity index (χ0v) is 10.1. The summed E-state index contributed by atoms with van der Waals surface area (Å²) in [6, 6.07) is 10.7. The van der Waals surface area contributed by atoms with Crippen LogP contribution in [0.25, 0.3) is 0 Å². The number of ether oxygens (including phenoxy) is 1. The Morgan fingerprint density at radius 3 is 2.35 bits per heavy atom. The van der Waals surface area contributed by atoms with E-state index in [-0.39, 0.29) is 5.12 Å². The van der Waals surface area contributed by atoms with E-state index in [1.165, 1.54) is 11.8 Å². The molecule has 0 N–H and O–H groups in total. The maximum absolute atomic E-state index is 11.9. The van der Waals surface area contributed by atoms with Crippen molar-refractivity contribution in [3.63, 3.8) is 0 Å². The summed E-state index contributed by atoms with van der Waals surface area (Å²) in [4.78, 5) is 16.7. The van der Waals surface area contributed by atoms with Crippen LogP contribution < -0.4 is 4.74 Å². The molecule has 0 amide bonds. The lowest BCUT2D eigenvalue weighted by molar-refractivity contribution is 0.108. The Kier molecular flexibility index (Phi) is 3.77. The number of hydrogen-bond donors (Lipinski definition) is 0. The molecule has 0 atom stereocenters. The fourth-order valence-electron chi connectivity index (χ4n) is 1.30. The molecule has 0 saturated carbocycles. The summed E-state index contributed by atoms with van der Waals surface area (Å²) >= 11 is 1.19. The Bertz CT molecular complexity index is 497. The molecule has 0 spiro atoms. The van der Waals surface area contributed by atoms with Crippen molar-refractivity contribution >= 4 is 16.9 Å². The van der Waals surface area contributed by atoms with Crippen molar-refractivity contribution in [2.24, 2.45) is 0 Å². The predicted octanol–water partition coefficient (Wildman–Crippen LogP) is 3.02. The molecule has 1 aromatic carbocycles. The molecular formula is C13H11NO2S. The second-order valence-corrected chi connectivity index (χ2v) is 4.35. The third-order valence-electron chi connectivity index (χ3n) is 2.19. The van der Waals surface area contributed by atoms with E-state index in [0.29, 0.717) is 5.56 Å². The average Bonchev–Trinajstić information content (AvgIpc) is 2.40. The minimum atomic E-state index is 0.0128. The van der Waals surface area contributed by atoms with Crippen LogP contribution >= 0.6 is 11.8 Å². The van der Waals surface area contributed by atoms with E-state index in [1.807, 2.05) is 12.1 Å². The molecule has 86 valence electrons. The van der Waals surface area contributed by atoms with Crippen molar-refractivity contribution in [2.45, 2.75) is 4.90 Å². The topological polar surface area (TPSA) is 39.2 Å². The summed E-state index contributed by atoms with van der Waals surface area (Å²) in [5, 5.41) is 0.0128. The number of hydrogen-bond acceptors (Lipinski definition) is 4. The van der Waals surface area contributed by atoms with Crippen molar-refractivity contribution in [3.05, 3.63) is 54.4 Å². The second-order valence-electron chi connectivity index (χ2n) is 3.30. The second kappa shape index (κ2) is 5.50. The Morgan fingerprint density at radius 1 is 1.12 bits per heavy atom. The van der Waals surface area contributed by atoms with E-state index < -0.39 is 0 Å². The van der Waals surface area contributed by atoms with Gasteiger partial charge in [0.2, 0.25) is 5.12 Å². The summed E-state index contributed by atoms with van der Waals surface area (Å²) in [7, 11) is 1.60. The quantitative estimate of drug-likeness (QED) is 0.779. The van der Waals surface area contributed by atoms with Gasteiger partial charge in [-0.2, -0.15) is 0 Å². The van der Waals surface area contributed by atoms with Gasteiger partial charge in [0.25, 0.3) is 0 Å². The summed E-state index contributed by atoms with van der Waals surface area (Å²) < 4.78 is 5.04. The van der Waals surface area contributed by atoms with Gasteiger partial charge in [0, 0.05) is 22.9 Å². The molecule has 0 fully saturated rings. The molecule has 0 radical (unpaired) electrons. The van der Waals surface area contributed by atoms with Crippen LogP contribution in [0.1, 0.15) is 10.4 Å². The summed E-state index contributed by atoms with van der Waals surface area (Å²) in [6.45, 7) is 0. The first-order valence-corrected chi connectivity index (χ1v) is 5.87. The number of nitrogens with zero attached hydrogens (tertiary/aromatic N) is 1. The molecule has 4 heteroatoms. The minimum Gasteiger partial charge on any atom is -0.497 e. The monoisotopic (exact) mass is 245 g/mol. The van der Waals surface area contributed by atoms with Crippen LogP contribution in [0.5, 0.6) is 5.75 Å². The molecule has 3 nitrogen and oxygen atoms in total. The van der Waals surface area contributed by atoms with Crippen molar-refractivity contribution < 1.29 is 9.53 Å². The van der Waals surface area contributed by atoms with E-state index in [1.54, 1.807) is 43.8 Å². The molecule has 0 unspecified atom stereocenters. The standard InChI is InChI=1S/C13H11NO2S/c1-16-11-4-2-10(3-5-11)13(15)17-12-6-8-14-9-7-12/h2-9H,1H3. The molecule has 0 saturated heterocycles. The lowest BCUT2D eigenvalue weighted by atomic mass is 10.2. The first-order valence-electron chi connectivity index (χ1n) is 5.06. The molecule has 0 bridgehead atoms. The van der Waals surface area contributed by atoms with Gasteiger partial charge in [-0.15, -0.1) is 0 Å². The largest absolute Gasteiger partial charge is 0.497 e. The van der Waals surface area contributed by atoms with Gasteiger partial charge >= 0.3 is 0 Å². The summed E-state index contributed by atoms with van der Waals surface area (Å²) in [5.41, 5.74) is 0.660. The highest BCUT2D eigenvalue weighted by Gasteiger charge is 2.07. The van der Waals surface area contributed by atoms with Crippen LogP contribution in [0.4, 0.5) is 0 Å². The highest BCUT2D eigenvalue weighted by molar-refractivity contribution is 8.14. The van der Waals surface area contributed by atoms with E-state index in [0.717, 1.165) is 10.6 Å². The van der Waals surface area contributed by atoms with Gasteiger partial charge in [0.1, 0.15) is 5.75 Å². The van der Waals surface area contributed by atoms with E-state index in [9.17, 15) is 4.79 Å². The average molecular weight is 245 g/mol. The fraction of sp³-hybridized carbons (Fsp3) is 0.0769. The first-order chi connectivity index (χ1) is 8.29. The van der Waals surface area contributed by atoms with Crippen LogP contribution in [-0.4, -0.2) is 17.2 Å². The van der Waals surface area contributed by atoms with Crippen molar-refractivity contribution in [2.75, 3.05) is 7.11 Å². The molecule has 0 aliphatic heterocycles. The highest BCUT2D eigenvalue weighted by atomic mass is 32.2. The molecular weight excluding hydrogens is 234 g/mol. The number of carbonyl (C=O) groups is 1. The third kappa shape index (κ3) is 3.07. The lowest BCUT2D eigenvalue weighted by Crippen LogP contribution is -1.93. The molecule has 0 aliphatic rings. The van der Waals surface area contributed by atoms with Crippen LogP contribution in [-0.2, 0) is 0 Å². The van der Waals surface area contributed by atoms with Crippen LogP contribution in [0, 0.1) is 0 Å². The zero-order valence-electron chi connectivity index (χ0n) is 9.29. The Balaban J connectivity index is 2.09. The van der Waals surface area contributed by atoms with E-state index in [2.05, 4.69) is 4.98 Å². The Morgan fingerprint density at radius 2 is 1.76 bits per heavy atom. The predicted molar refractivity (Wildman–Crippen MR) is 67.4 cm³/mol. The number of thioether (sulfide) groups is 1. The molecule has 1 heterocycles. The van der Waals surface area contributed by atoms with Gasteiger partial charge in [-0.05, 0) is 48.2 Å². The van der Waals surface area contributed by atoms with Crippen molar-refractivity contribution in [3.8, 4) is 5.75 Å². The number of methoxy groups -OCH3 is 1. The van der Waals surface area contributed by atoms with Gasteiger partial charge < -0.3 is 4.74 Å². The molecule has 2 aromatic rings. The van der Waals surface area contributed by atoms with E-state index in [4.69, 9.17) is 4.74 Å². The van der Waals surface area contributed by atoms with E-state index >= 15 is 0 Å². The molecule has 2 rings (SSSR count). The number of pyridine rings is 1. The first kappa shape index (κ1) is 11.7. The van der Waals surface area contributed by atoms with Crippen LogP contribution in [0.3, 0.4) is 0 Å². The molecule has 1 aromatic heterocycles. The fourth-order valence-corrected chi connectivity index (χ4v) is 2.03. The number of rotatable bonds is 3. The van der Waals surface area contributed by atoms with Gasteiger partial charge in [-0.25, -0.2) is 0 Å². The van der Waals surface area contributed by atoms with Gasteiger partial charge in [0.15, 0.2) is 0 Å². The Hall–Kier alpha value is -1.81. The van der Waals surface area contributed by atoms with Gasteiger partial charge in [-0.3, -0.25) is 9.78 Å². The minimum absolute atomic E-state index is 0.0128. The summed E-state index contributed by atoms with van der Waals surface area (Å²) in [5.74, 6) is 0.746. The maximum Gasteiger partial charge on any atom is 0.224 e. The van der Waals surface area contributed by atoms with Crippen LogP contribution in [0.15, 0.2) is 53.7 Å². The lowest BCUT2D eigenvalue weighted by Gasteiger charge is -2.02. The SMILES string of the molecule is COc1ccc(C(=O)Sc2ccncc2)cc1. The molecule has 17 heavy (non-hydrogen) atoms. The van der Waals surface area contributed by atoms with Crippen molar-refractivity contribution in [1.82, 2.24) is 4.98 Å². The van der Waals surface area contributed by atoms with Gasteiger partial charge in [0.05, 0.1) is 7.11 Å². The smallest absolute Gasteiger partial charge is 0.224 e. The summed E-state index contributed by atoms with van der Waals surface area (Å²) in [6.07, 6.45) is 3.34. The van der Waals surface area contributed by atoms with Crippen molar-refractivity contribution in [1.29, 1.82) is 0 Å². The van der Waals surface area contributed by atoms with Gasteiger partial charge in [-0.1, -0.05) is 0 Å². The third-order valence-corrected chi connectivity index (χ3v) is 3.11. The number of benzene rings is 1. The van der Waals surface area contributed by atoms with Crippen LogP contribution in [0.2, 0.25) is 0 Å². The normalized spacial score (nSPS) is 9.94. The molecule has 0 aliphatic carbocycles. The maximum atomic E-state index is 11.9. The zero-order chi connectivity index (χ0) is 12.1. The Labute approximate surface area is 104 Å². The highest BCUT2D eigenvalue weighted by Crippen LogP contribution is 2.23. The number of carbonyl (C=O) groups excluding carboxylic acids is 1. The number of aromatic nitrogens is 1.